The Morgan fingerprint density at radius 2 is 1.84 bits per heavy atom. The fraction of sp³-hybridized carbons (Fsp3) is 0.292. The number of hydrogen-bond donors (Lipinski definition) is 0. The van der Waals surface area contributed by atoms with Crippen LogP contribution in [0.2, 0.25) is 5.02 Å². The van der Waals surface area contributed by atoms with Crippen LogP contribution in [0.4, 0.5) is 5.69 Å². The Morgan fingerprint density at radius 1 is 1.09 bits per heavy atom. The van der Waals surface area contributed by atoms with Crippen LogP contribution < -0.4 is 10.5 Å². The molecule has 1 amide bonds. The molecule has 1 atom stereocenters. The average molecular weight is 467 g/mol. The van der Waals surface area contributed by atoms with Crippen molar-refractivity contribution in [3.63, 3.8) is 0 Å². The zero-order valence-electron chi connectivity index (χ0n) is 17.9. The number of rotatable bonds is 3. The van der Waals surface area contributed by atoms with Crippen LogP contribution in [0.3, 0.4) is 0 Å². The van der Waals surface area contributed by atoms with Gasteiger partial charge in [0.25, 0.3) is 5.56 Å². The van der Waals surface area contributed by atoms with Crippen molar-refractivity contribution in [1.29, 1.82) is 0 Å². The molecule has 0 radical (unpaired) electrons. The number of carbonyl (C=O) groups excluding carboxylic acids is 1. The van der Waals surface area contributed by atoms with Gasteiger partial charge in [0.15, 0.2) is 0 Å². The first-order chi connectivity index (χ1) is 15.4. The summed E-state index contributed by atoms with van der Waals surface area (Å²) in [6.45, 7) is 6.28. The van der Waals surface area contributed by atoms with Crippen LogP contribution in [0, 0.1) is 6.92 Å². The molecule has 4 aromatic rings. The number of halogens is 1. The number of aromatic nitrogens is 2. The second kappa shape index (κ2) is 8.22. The minimum Gasteiger partial charge on any atom is -0.368 e. The summed E-state index contributed by atoms with van der Waals surface area (Å²) in [5.74, 6) is -0.0800. The first kappa shape index (κ1) is 21.0. The van der Waals surface area contributed by atoms with Gasteiger partial charge in [-0.05, 0) is 38.1 Å². The molecule has 0 bridgehead atoms. The maximum absolute atomic E-state index is 13.4. The van der Waals surface area contributed by atoms with Crippen LogP contribution in [-0.2, 0) is 4.79 Å². The average Bonchev–Trinajstić information content (AvgIpc) is 3.21. The molecule has 2 aromatic heterocycles. The van der Waals surface area contributed by atoms with Crippen LogP contribution in [0.25, 0.3) is 20.2 Å². The molecule has 0 saturated carbocycles. The number of piperazine rings is 1. The van der Waals surface area contributed by atoms with Crippen molar-refractivity contribution in [2.24, 2.45) is 0 Å². The van der Waals surface area contributed by atoms with Crippen molar-refractivity contribution in [1.82, 2.24) is 14.7 Å². The highest BCUT2D eigenvalue weighted by molar-refractivity contribution is 7.26. The Bertz CT molecular complexity index is 1390. The molecule has 8 heteroatoms. The Morgan fingerprint density at radius 3 is 2.59 bits per heavy atom. The number of anilines is 1. The highest BCUT2D eigenvalue weighted by Crippen LogP contribution is 2.33. The summed E-state index contributed by atoms with van der Waals surface area (Å²) in [5, 5.41) is 6.81. The molecule has 3 heterocycles. The number of aryl methyl sites for hydroxylation is 1. The Kier molecular flexibility index (Phi) is 5.39. The van der Waals surface area contributed by atoms with E-state index in [2.05, 4.69) is 10.00 Å². The van der Waals surface area contributed by atoms with E-state index >= 15 is 0 Å². The fourth-order valence-electron chi connectivity index (χ4n) is 4.37. The topological polar surface area (TPSA) is 58.4 Å². The third kappa shape index (κ3) is 3.55. The Balaban J connectivity index is 1.40. The van der Waals surface area contributed by atoms with Gasteiger partial charge in [0.1, 0.15) is 6.04 Å². The summed E-state index contributed by atoms with van der Waals surface area (Å²) in [4.78, 5) is 30.7. The number of nitrogens with zero attached hydrogens (tertiary/aromatic N) is 4. The van der Waals surface area contributed by atoms with Crippen LogP contribution in [-0.4, -0.2) is 46.8 Å². The minimum absolute atomic E-state index is 0.0800. The lowest BCUT2D eigenvalue weighted by Crippen LogP contribution is -2.51. The van der Waals surface area contributed by atoms with Crippen LogP contribution in [0.1, 0.15) is 18.7 Å². The SMILES string of the molecule is Cc1nn([C@H](C)C(=O)N2CCN(c3cccc(Cl)c3)CC2)c(=O)c2c1sc1ccccc12. The molecule has 5 rings (SSSR count). The number of carbonyl (C=O) groups is 1. The van der Waals surface area contributed by atoms with Crippen molar-refractivity contribution in [3.05, 3.63) is 69.6 Å². The van der Waals surface area contributed by atoms with E-state index in [1.807, 2.05) is 60.4 Å². The summed E-state index contributed by atoms with van der Waals surface area (Å²) in [5.41, 5.74) is 1.62. The van der Waals surface area contributed by atoms with Crippen LogP contribution in [0.15, 0.2) is 53.3 Å². The molecule has 1 aliphatic heterocycles. The Hall–Kier alpha value is -2.90. The quantitative estimate of drug-likeness (QED) is 0.446. The number of fused-ring (bicyclic) bond motifs is 3. The smallest absolute Gasteiger partial charge is 0.276 e. The number of hydrogen-bond acceptors (Lipinski definition) is 5. The maximum atomic E-state index is 13.4. The monoisotopic (exact) mass is 466 g/mol. The summed E-state index contributed by atoms with van der Waals surface area (Å²) in [6.07, 6.45) is 0. The first-order valence-corrected chi connectivity index (χ1v) is 11.8. The van der Waals surface area contributed by atoms with Gasteiger partial charge in [0.05, 0.1) is 15.8 Å². The lowest BCUT2D eigenvalue weighted by molar-refractivity contribution is -0.135. The molecule has 6 nitrogen and oxygen atoms in total. The van der Waals surface area contributed by atoms with Gasteiger partial charge in [-0.25, -0.2) is 4.68 Å². The largest absolute Gasteiger partial charge is 0.368 e. The maximum Gasteiger partial charge on any atom is 0.276 e. The molecule has 164 valence electrons. The summed E-state index contributed by atoms with van der Waals surface area (Å²) in [7, 11) is 0. The molecular weight excluding hydrogens is 444 g/mol. The van der Waals surface area contributed by atoms with Crippen molar-refractivity contribution in [3.8, 4) is 0 Å². The zero-order valence-corrected chi connectivity index (χ0v) is 19.5. The van der Waals surface area contributed by atoms with E-state index in [0.29, 0.717) is 36.6 Å². The lowest BCUT2D eigenvalue weighted by atomic mass is 10.1. The summed E-state index contributed by atoms with van der Waals surface area (Å²) >= 11 is 7.69. The molecule has 0 unspecified atom stereocenters. The molecule has 32 heavy (non-hydrogen) atoms. The van der Waals surface area contributed by atoms with Crippen molar-refractivity contribution in [2.45, 2.75) is 19.9 Å². The van der Waals surface area contributed by atoms with Gasteiger partial charge < -0.3 is 9.80 Å². The molecule has 0 spiro atoms. The second-order valence-electron chi connectivity index (χ2n) is 8.11. The van der Waals surface area contributed by atoms with E-state index in [4.69, 9.17) is 11.6 Å². The standard InChI is InChI=1S/C24H23ClN4O2S/c1-15-22-21(19-8-3-4-9-20(19)32-22)24(31)29(26-15)16(2)23(30)28-12-10-27(11-13-28)18-7-5-6-17(25)14-18/h3-9,14,16H,10-13H2,1-2H3/t16-/m1/s1. The number of amides is 1. The van der Waals surface area contributed by atoms with Gasteiger partial charge >= 0.3 is 0 Å². The van der Waals surface area contributed by atoms with Crippen molar-refractivity contribution >= 4 is 54.7 Å². The summed E-state index contributed by atoms with van der Waals surface area (Å²) in [6, 6.07) is 15.0. The highest BCUT2D eigenvalue weighted by Gasteiger charge is 2.28. The van der Waals surface area contributed by atoms with Gasteiger partial charge in [-0.2, -0.15) is 5.10 Å². The number of benzene rings is 2. The third-order valence-electron chi connectivity index (χ3n) is 6.09. The van der Waals surface area contributed by atoms with Gasteiger partial charge in [-0.15, -0.1) is 11.3 Å². The highest BCUT2D eigenvalue weighted by atomic mass is 35.5. The van der Waals surface area contributed by atoms with Crippen molar-refractivity contribution in [2.75, 3.05) is 31.1 Å². The molecule has 0 N–H and O–H groups in total. The summed E-state index contributed by atoms with van der Waals surface area (Å²) < 4.78 is 3.31. The predicted molar refractivity (Wildman–Crippen MR) is 131 cm³/mol. The molecular formula is C24H23ClN4O2S. The van der Waals surface area contributed by atoms with Gasteiger partial charge in [0.2, 0.25) is 5.91 Å². The molecule has 1 aliphatic rings. The van der Waals surface area contributed by atoms with Crippen LogP contribution in [0.5, 0.6) is 0 Å². The molecule has 1 saturated heterocycles. The predicted octanol–water partition coefficient (Wildman–Crippen LogP) is 4.48. The lowest BCUT2D eigenvalue weighted by Gasteiger charge is -2.37. The van der Waals surface area contributed by atoms with Gasteiger partial charge in [-0.3, -0.25) is 9.59 Å². The van der Waals surface area contributed by atoms with E-state index in [1.54, 1.807) is 18.3 Å². The van der Waals surface area contributed by atoms with Crippen LogP contribution >= 0.6 is 22.9 Å². The van der Waals surface area contributed by atoms with E-state index in [0.717, 1.165) is 26.2 Å². The van der Waals surface area contributed by atoms with E-state index in [9.17, 15) is 9.59 Å². The Labute approximate surface area is 194 Å². The first-order valence-electron chi connectivity index (χ1n) is 10.6. The third-order valence-corrected chi connectivity index (χ3v) is 7.61. The van der Waals surface area contributed by atoms with E-state index in [-0.39, 0.29) is 11.5 Å². The molecule has 0 aliphatic carbocycles. The van der Waals surface area contributed by atoms with Gasteiger partial charge in [0, 0.05) is 47.0 Å². The van der Waals surface area contributed by atoms with Crippen molar-refractivity contribution < 1.29 is 4.79 Å². The van der Waals surface area contributed by atoms with E-state index < -0.39 is 6.04 Å². The fourth-order valence-corrected chi connectivity index (χ4v) is 5.69. The van der Waals surface area contributed by atoms with Gasteiger partial charge in [-0.1, -0.05) is 35.9 Å². The molecule has 2 aromatic carbocycles. The minimum atomic E-state index is -0.665. The normalized spacial score (nSPS) is 15.5. The number of thiophene rings is 1. The second-order valence-corrected chi connectivity index (χ2v) is 9.59. The van der Waals surface area contributed by atoms with E-state index in [1.165, 1.54) is 4.68 Å². The zero-order chi connectivity index (χ0) is 22.4. The molecule has 1 fully saturated rings.